The molecule has 0 spiro atoms. The van der Waals surface area contributed by atoms with Crippen LogP contribution in [0.4, 0.5) is 0 Å². The van der Waals surface area contributed by atoms with Crippen LogP contribution in [-0.4, -0.2) is 17.6 Å². The van der Waals surface area contributed by atoms with E-state index in [1.807, 2.05) is 42.5 Å². The molecule has 1 heterocycles. The number of benzene rings is 1. The van der Waals surface area contributed by atoms with Crippen molar-refractivity contribution in [1.29, 1.82) is 5.26 Å². The Morgan fingerprint density at radius 3 is 2.89 bits per heavy atom. The van der Waals surface area contributed by atoms with Crippen LogP contribution in [0.25, 0.3) is 10.9 Å². The molecule has 1 aromatic carbocycles. The Hall–Kier alpha value is -2.41. The number of carbonyl (C=O) groups is 1. The molecule has 0 radical (unpaired) electrons. The smallest absolute Gasteiger partial charge is 0.323 e. The highest BCUT2D eigenvalue weighted by Crippen LogP contribution is 2.14. The van der Waals surface area contributed by atoms with Gasteiger partial charge in [-0.15, -0.1) is 0 Å². The third-order valence-corrected chi connectivity index (χ3v) is 2.80. The zero-order valence-electron chi connectivity index (χ0n) is 10.7. The molecule has 4 heteroatoms. The average Bonchev–Trinajstić information content (AvgIpc) is 2.44. The number of aromatic nitrogens is 1. The van der Waals surface area contributed by atoms with E-state index in [2.05, 4.69) is 4.98 Å². The molecule has 19 heavy (non-hydrogen) atoms. The summed E-state index contributed by atoms with van der Waals surface area (Å²) in [6, 6.07) is 13.5. The number of pyridine rings is 1. The van der Waals surface area contributed by atoms with Crippen molar-refractivity contribution >= 4 is 16.9 Å². The summed E-state index contributed by atoms with van der Waals surface area (Å²) in [6.45, 7) is 2.00. The minimum Gasteiger partial charge on any atom is -0.465 e. The Morgan fingerprint density at radius 2 is 2.16 bits per heavy atom. The maximum Gasteiger partial charge on any atom is 0.323 e. The van der Waals surface area contributed by atoms with Crippen LogP contribution in [0.3, 0.4) is 0 Å². The third kappa shape index (κ3) is 3.08. The molecule has 0 amide bonds. The number of rotatable bonds is 4. The summed E-state index contributed by atoms with van der Waals surface area (Å²) in [4.78, 5) is 16.0. The van der Waals surface area contributed by atoms with Gasteiger partial charge >= 0.3 is 5.97 Å². The molecule has 0 aliphatic heterocycles. The van der Waals surface area contributed by atoms with Gasteiger partial charge in [0.2, 0.25) is 0 Å². The number of carbonyl (C=O) groups excluding carboxylic acids is 1. The largest absolute Gasteiger partial charge is 0.465 e. The molecule has 2 aromatic rings. The fourth-order valence-electron chi connectivity index (χ4n) is 1.86. The van der Waals surface area contributed by atoms with Gasteiger partial charge in [0.05, 0.1) is 18.2 Å². The van der Waals surface area contributed by atoms with E-state index in [0.29, 0.717) is 0 Å². The number of para-hydroxylation sites is 1. The maximum absolute atomic E-state index is 11.6. The molecule has 0 bridgehead atoms. The molecule has 2 rings (SSSR count). The van der Waals surface area contributed by atoms with Gasteiger partial charge in [0.15, 0.2) is 0 Å². The highest BCUT2D eigenvalue weighted by atomic mass is 16.5. The van der Waals surface area contributed by atoms with Crippen molar-refractivity contribution in [2.45, 2.75) is 13.3 Å². The monoisotopic (exact) mass is 254 g/mol. The second-order valence-electron chi connectivity index (χ2n) is 4.13. The number of hydrogen-bond donors (Lipinski definition) is 0. The summed E-state index contributed by atoms with van der Waals surface area (Å²) in [5.41, 5.74) is 1.58. The Kier molecular flexibility index (Phi) is 4.09. The van der Waals surface area contributed by atoms with E-state index in [4.69, 9.17) is 10.00 Å². The second-order valence-corrected chi connectivity index (χ2v) is 4.13. The fourth-order valence-corrected chi connectivity index (χ4v) is 1.86. The normalized spacial score (nSPS) is 11.8. The van der Waals surface area contributed by atoms with Gasteiger partial charge in [-0.25, -0.2) is 0 Å². The van der Waals surface area contributed by atoms with Gasteiger partial charge in [-0.1, -0.05) is 24.3 Å². The first kappa shape index (κ1) is 13.0. The Labute approximate surface area is 111 Å². The van der Waals surface area contributed by atoms with Crippen LogP contribution in [-0.2, 0) is 16.0 Å². The molecule has 1 atom stereocenters. The lowest BCUT2D eigenvalue weighted by molar-refractivity contribution is -0.145. The zero-order valence-corrected chi connectivity index (χ0v) is 10.7. The summed E-state index contributed by atoms with van der Waals surface area (Å²) in [6.07, 6.45) is 0.278. The molecule has 0 N–H and O–H groups in total. The molecule has 1 aromatic heterocycles. The quantitative estimate of drug-likeness (QED) is 0.786. The van der Waals surface area contributed by atoms with Crippen molar-refractivity contribution in [3.63, 3.8) is 0 Å². The predicted molar refractivity (Wildman–Crippen MR) is 71.2 cm³/mol. The van der Waals surface area contributed by atoms with Crippen molar-refractivity contribution in [2.24, 2.45) is 5.92 Å². The van der Waals surface area contributed by atoms with Gasteiger partial charge in [-0.3, -0.25) is 9.78 Å². The Balaban J connectivity index is 2.20. The van der Waals surface area contributed by atoms with Crippen LogP contribution in [0, 0.1) is 17.2 Å². The molecular weight excluding hydrogens is 240 g/mol. The van der Waals surface area contributed by atoms with Gasteiger partial charge in [0, 0.05) is 17.5 Å². The molecule has 4 nitrogen and oxygen atoms in total. The fraction of sp³-hybridized carbons (Fsp3) is 0.267. The summed E-state index contributed by atoms with van der Waals surface area (Å²) in [5, 5.41) is 10.1. The second kappa shape index (κ2) is 5.96. The van der Waals surface area contributed by atoms with Gasteiger partial charge < -0.3 is 4.74 Å². The van der Waals surface area contributed by atoms with E-state index in [-0.39, 0.29) is 13.0 Å². The Bertz CT molecular complexity index is 631. The first-order valence-electron chi connectivity index (χ1n) is 6.15. The van der Waals surface area contributed by atoms with Crippen molar-refractivity contribution in [3.8, 4) is 6.07 Å². The maximum atomic E-state index is 11.6. The molecule has 0 saturated carbocycles. The number of nitriles is 1. The van der Waals surface area contributed by atoms with E-state index in [1.54, 1.807) is 6.92 Å². The van der Waals surface area contributed by atoms with Crippen LogP contribution in [0.1, 0.15) is 12.6 Å². The van der Waals surface area contributed by atoms with E-state index in [9.17, 15) is 4.79 Å². The highest BCUT2D eigenvalue weighted by molar-refractivity contribution is 5.79. The summed E-state index contributed by atoms with van der Waals surface area (Å²) in [7, 11) is 0. The zero-order chi connectivity index (χ0) is 13.7. The van der Waals surface area contributed by atoms with Gasteiger partial charge in [-0.05, 0) is 19.1 Å². The van der Waals surface area contributed by atoms with Gasteiger partial charge in [0.25, 0.3) is 0 Å². The summed E-state index contributed by atoms with van der Waals surface area (Å²) < 4.78 is 4.87. The van der Waals surface area contributed by atoms with Crippen molar-refractivity contribution < 1.29 is 9.53 Å². The predicted octanol–water partition coefficient (Wildman–Crippen LogP) is 2.48. The van der Waals surface area contributed by atoms with E-state index < -0.39 is 11.9 Å². The van der Waals surface area contributed by atoms with Gasteiger partial charge in [0.1, 0.15) is 5.92 Å². The van der Waals surface area contributed by atoms with Crippen molar-refractivity contribution in [2.75, 3.05) is 6.61 Å². The first-order chi connectivity index (χ1) is 9.24. The Morgan fingerprint density at radius 1 is 1.37 bits per heavy atom. The SMILES string of the molecule is CCOC(=O)[C@H](C#N)Cc1ccc2ccccc2n1. The number of esters is 1. The van der Waals surface area contributed by atoms with Gasteiger partial charge in [-0.2, -0.15) is 5.26 Å². The molecule has 0 aliphatic rings. The van der Waals surface area contributed by atoms with Crippen LogP contribution >= 0.6 is 0 Å². The first-order valence-corrected chi connectivity index (χ1v) is 6.15. The molecule has 96 valence electrons. The topological polar surface area (TPSA) is 63.0 Å². The molecule has 0 unspecified atom stereocenters. The van der Waals surface area contributed by atoms with Crippen molar-refractivity contribution in [1.82, 2.24) is 4.98 Å². The van der Waals surface area contributed by atoms with E-state index >= 15 is 0 Å². The molecule has 0 saturated heterocycles. The van der Waals surface area contributed by atoms with Crippen LogP contribution in [0.2, 0.25) is 0 Å². The highest BCUT2D eigenvalue weighted by Gasteiger charge is 2.20. The van der Waals surface area contributed by atoms with Crippen LogP contribution in [0.5, 0.6) is 0 Å². The minimum atomic E-state index is -0.798. The lowest BCUT2D eigenvalue weighted by Gasteiger charge is -2.08. The van der Waals surface area contributed by atoms with Crippen LogP contribution in [0.15, 0.2) is 36.4 Å². The molecule has 0 aliphatic carbocycles. The number of nitrogens with zero attached hydrogens (tertiary/aromatic N) is 2. The number of hydrogen-bond acceptors (Lipinski definition) is 4. The van der Waals surface area contributed by atoms with E-state index in [0.717, 1.165) is 16.6 Å². The average molecular weight is 254 g/mol. The van der Waals surface area contributed by atoms with E-state index in [1.165, 1.54) is 0 Å². The molecular formula is C15H14N2O2. The minimum absolute atomic E-state index is 0.278. The van der Waals surface area contributed by atoms with Crippen molar-refractivity contribution in [3.05, 3.63) is 42.1 Å². The van der Waals surface area contributed by atoms with Crippen LogP contribution < -0.4 is 0 Å². The molecule has 0 fully saturated rings. The number of fused-ring (bicyclic) bond motifs is 1. The third-order valence-electron chi connectivity index (χ3n) is 2.80. The lowest BCUT2D eigenvalue weighted by Crippen LogP contribution is -2.18. The summed E-state index contributed by atoms with van der Waals surface area (Å²) >= 11 is 0. The summed E-state index contributed by atoms with van der Waals surface area (Å²) in [5.74, 6) is -1.28. The standard InChI is InChI=1S/C15H14N2O2/c1-2-19-15(18)12(10-16)9-13-8-7-11-5-3-4-6-14(11)17-13/h3-8,12H,2,9H2,1H3/t12-/m0/s1. The number of ether oxygens (including phenoxy) is 1. The lowest BCUT2D eigenvalue weighted by atomic mass is 10.0.